The van der Waals surface area contributed by atoms with Crippen molar-refractivity contribution in [1.29, 1.82) is 0 Å². The van der Waals surface area contributed by atoms with Crippen LogP contribution in [0, 0.1) is 6.07 Å². The Labute approximate surface area is 95.7 Å². The molecule has 0 spiro atoms. The smallest absolute Gasteiger partial charge is 0.416 e. The zero-order valence-corrected chi connectivity index (χ0v) is 8.53. The first-order valence-corrected chi connectivity index (χ1v) is 4.73. The Morgan fingerprint density at radius 1 is 1.18 bits per heavy atom. The van der Waals surface area contributed by atoms with Gasteiger partial charge in [0, 0.05) is 12.3 Å². The Morgan fingerprint density at radius 2 is 2.00 bits per heavy atom. The van der Waals surface area contributed by atoms with Gasteiger partial charge in [-0.2, -0.15) is 13.2 Å². The lowest BCUT2D eigenvalue weighted by Crippen LogP contribution is -2.04. The average molecular weight is 238 g/mol. The predicted octanol–water partition coefficient (Wildman–Crippen LogP) is 3.69. The van der Waals surface area contributed by atoms with E-state index < -0.39 is 11.7 Å². The van der Waals surface area contributed by atoms with Crippen LogP contribution in [0.3, 0.4) is 0 Å². The second-order valence-corrected chi connectivity index (χ2v) is 3.21. The van der Waals surface area contributed by atoms with Crippen molar-refractivity contribution in [2.75, 3.05) is 0 Å². The molecule has 0 saturated heterocycles. The third-order valence-electron chi connectivity index (χ3n) is 1.96. The van der Waals surface area contributed by atoms with Crippen molar-refractivity contribution in [3.8, 4) is 11.6 Å². The molecule has 0 N–H and O–H groups in total. The highest BCUT2D eigenvalue weighted by molar-refractivity contribution is 5.32. The van der Waals surface area contributed by atoms with Crippen LogP contribution in [0.1, 0.15) is 5.56 Å². The highest BCUT2D eigenvalue weighted by Gasteiger charge is 2.30. The third kappa shape index (κ3) is 2.96. The van der Waals surface area contributed by atoms with Crippen molar-refractivity contribution in [3.63, 3.8) is 0 Å². The van der Waals surface area contributed by atoms with Gasteiger partial charge >= 0.3 is 6.18 Å². The summed E-state index contributed by atoms with van der Waals surface area (Å²) in [6.45, 7) is 0. The summed E-state index contributed by atoms with van der Waals surface area (Å²) in [5, 5.41) is 0. The maximum absolute atomic E-state index is 12.4. The zero-order valence-electron chi connectivity index (χ0n) is 8.53. The van der Waals surface area contributed by atoms with Crippen LogP contribution < -0.4 is 4.74 Å². The highest BCUT2D eigenvalue weighted by Crippen LogP contribution is 2.32. The fraction of sp³-hybridized carbons (Fsp3) is 0.0833. The Bertz CT molecular complexity index is 497. The first-order valence-electron chi connectivity index (χ1n) is 4.73. The molecule has 0 aliphatic heterocycles. The van der Waals surface area contributed by atoms with Gasteiger partial charge in [-0.3, -0.25) is 0 Å². The molecule has 2 rings (SSSR count). The minimum atomic E-state index is -4.38. The summed E-state index contributed by atoms with van der Waals surface area (Å²) in [6.07, 6.45) is -2.91. The Kier molecular flexibility index (Phi) is 2.99. The lowest BCUT2D eigenvalue weighted by Gasteiger charge is -2.08. The summed E-state index contributed by atoms with van der Waals surface area (Å²) < 4.78 is 42.4. The highest BCUT2D eigenvalue weighted by atomic mass is 19.4. The molecule has 0 amide bonds. The van der Waals surface area contributed by atoms with Gasteiger partial charge in [0.15, 0.2) is 0 Å². The third-order valence-corrected chi connectivity index (χ3v) is 1.96. The molecular formula is C12H7F3NO. The number of nitrogens with zero attached hydrogens (tertiary/aromatic N) is 1. The van der Waals surface area contributed by atoms with Crippen LogP contribution >= 0.6 is 0 Å². The van der Waals surface area contributed by atoms with E-state index >= 15 is 0 Å². The topological polar surface area (TPSA) is 22.1 Å². The minimum absolute atomic E-state index is 0.0785. The molecule has 0 atom stereocenters. The van der Waals surface area contributed by atoms with Crippen molar-refractivity contribution in [1.82, 2.24) is 4.98 Å². The molecule has 1 aromatic heterocycles. The summed E-state index contributed by atoms with van der Waals surface area (Å²) in [5.41, 5.74) is -0.758. The average Bonchev–Trinajstić information content (AvgIpc) is 2.29. The second kappa shape index (κ2) is 4.45. The molecule has 0 bridgehead atoms. The van der Waals surface area contributed by atoms with E-state index in [2.05, 4.69) is 11.1 Å². The number of halogens is 3. The summed E-state index contributed by atoms with van der Waals surface area (Å²) in [5.74, 6) is 0.210. The first kappa shape index (κ1) is 11.4. The van der Waals surface area contributed by atoms with Crippen molar-refractivity contribution in [2.45, 2.75) is 6.18 Å². The molecule has 1 aromatic carbocycles. The van der Waals surface area contributed by atoms with Gasteiger partial charge in [-0.15, -0.1) is 0 Å². The Hall–Kier alpha value is -2.04. The largest absolute Gasteiger partial charge is 0.438 e. The van der Waals surface area contributed by atoms with Crippen LogP contribution in [-0.4, -0.2) is 4.98 Å². The van der Waals surface area contributed by atoms with E-state index in [0.29, 0.717) is 0 Å². The fourth-order valence-electron chi connectivity index (χ4n) is 1.21. The number of benzene rings is 1. The van der Waals surface area contributed by atoms with Gasteiger partial charge in [-0.1, -0.05) is 6.07 Å². The number of aromatic nitrogens is 1. The van der Waals surface area contributed by atoms with Crippen LogP contribution in [0.5, 0.6) is 11.6 Å². The van der Waals surface area contributed by atoms with Crippen molar-refractivity contribution in [2.24, 2.45) is 0 Å². The van der Waals surface area contributed by atoms with E-state index in [1.165, 1.54) is 18.3 Å². The van der Waals surface area contributed by atoms with Gasteiger partial charge in [0.05, 0.1) is 5.56 Å². The zero-order chi connectivity index (χ0) is 12.3. The molecule has 0 aliphatic carbocycles. The van der Waals surface area contributed by atoms with Gasteiger partial charge < -0.3 is 4.74 Å². The lowest BCUT2D eigenvalue weighted by atomic mass is 10.2. The number of rotatable bonds is 2. The van der Waals surface area contributed by atoms with Crippen molar-refractivity contribution < 1.29 is 17.9 Å². The van der Waals surface area contributed by atoms with Crippen LogP contribution in [0.2, 0.25) is 0 Å². The van der Waals surface area contributed by atoms with E-state index in [-0.39, 0.29) is 11.6 Å². The summed E-state index contributed by atoms with van der Waals surface area (Å²) >= 11 is 0. The van der Waals surface area contributed by atoms with E-state index in [4.69, 9.17) is 4.74 Å². The molecule has 0 unspecified atom stereocenters. The first-order chi connectivity index (χ1) is 8.05. The quantitative estimate of drug-likeness (QED) is 0.795. The monoisotopic (exact) mass is 238 g/mol. The molecule has 1 radical (unpaired) electrons. The number of hydrogen-bond donors (Lipinski definition) is 0. The van der Waals surface area contributed by atoms with Gasteiger partial charge in [0.2, 0.25) is 5.88 Å². The summed E-state index contributed by atoms with van der Waals surface area (Å²) in [4.78, 5) is 3.81. The van der Waals surface area contributed by atoms with Crippen LogP contribution in [0.15, 0.2) is 42.6 Å². The van der Waals surface area contributed by atoms with Gasteiger partial charge in [0.25, 0.3) is 0 Å². The van der Waals surface area contributed by atoms with Gasteiger partial charge in [-0.05, 0) is 30.3 Å². The van der Waals surface area contributed by atoms with E-state index in [9.17, 15) is 13.2 Å². The van der Waals surface area contributed by atoms with Crippen molar-refractivity contribution in [3.05, 3.63) is 54.2 Å². The molecule has 17 heavy (non-hydrogen) atoms. The number of ether oxygens (including phenoxy) is 1. The van der Waals surface area contributed by atoms with E-state index in [0.717, 1.165) is 12.1 Å². The summed E-state index contributed by atoms with van der Waals surface area (Å²) in [6, 6.07) is 10.5. The molecule has 5 heteroatoms. The predicted molar refractivity (Wildman–Crippen MR) is 54.6 cm³/mol. The normalized spacial score (nSPS) is 11.2. The maximum Gasteiger partial charge on any atom is 0.416 e. The molecule has 0 saturated carbocycles. The van der Waals surface area contributed by atoms with Crippen LogP contribution in [0.25, 0.3) is 0 Å². The van der Waals surface area contributed by atoms with Gasteiger partial charge in [-0.25, -0.2) is 4.98 Å². The Balaban J connectivity index is 2.23. The molecule has 2 nitrogen and oxygen atoms in total. The second-order valence-electron chi connectivity index (χ2n) is 3.21. The SMILES string of the molecule is FC(F)(F)c1cccc(Oc2[c]cccn2)c1. The molecule has 0 aliphatic rings. The molecule has 87 valence electrons. The van der Waals surface area contributed by atoms with Crippen molar-refractivity contribution >= 4 is 0 Å². The van der Waals surface area contributed by atoms with Gasteiger partial charge in [0.1, 0.15) is 5.75 Å². The van der Waals surface area contributed by atoms with E-state index in [1.54, 1.807) is 12.1 Å². The number of alkyl halides is 3. The van der Waals surface area contributed by atoms with Crippen LogP contribution in [-0.2, 0) is 6.18 Å². The molecule has 1 heterocycles. The molecule has 2 aromatic rings. The molecule has 0 fully saturated rings. The standard InChI is InChI=1S/C12H7F3NO/c13-12(14,15)9-4-3-5-10(8-9)17-11-6-1-2-7-16-11/h1-5,7-8H. The Morgan fingerprint density at radius 3 is 2.65 bits per heavy atom. The number of pyridine rings is 1. The molecular weight excluding hydrogens is 231 g/mol. The van der Waals surface area contributed by atoms with Crippen LogP contribution in [0.4, 0.5) is 13.2 Å². The fourth-order valence-corrected chi connectivity index (χ4v) is 1.21. The summed E-state index contributed by atoms with van der Waals surface area (Å²) in [7, 11) is 0. The number of hydrogen-bond acceptors (Lipinski definition) is 2. The lowest BCUT2D eigenvalue weighted by molar-refractivity contribution is -0.137. The maximum atomic E-state index is 12.4. The minimum Gasteiger partial charge on any atom is -0.438 e. The van der Waals surface area contributed by atoms with E-state index in [1.807, 2.05) is 0 Å².